The van der Waals surface area contributed by atoms with Crippen LogP contribution in [0, 0.1) is 11.7 Å². The van der Waals surface area contributed by atoms with Gasteiger partial charge in [-0.15, -0.1) is 0 Å². The molecule has 0 radical (unpaired) electrons. The molecule has 1 N–H and O–H groups in total. The molecule has 1 aromatic heterocycles. The second-order valence-corrected chi connectivity index (χ2v) is 5.17. The Balaban J connectivity index is 1.78. The highest BCUT2D eigenvalue weighted by Gasteiger charge is 2.32. The van der Waals surface area contributed by atoms with Crippen LogP contribution in [0.15, 0.2) is 12.3 Å². The maximum Gasteiger partial charge on any atom is 0.164 e. The molecule has 0 bridgehead atoms. The third kappa shape index (κ3) is 2.11. The molecule has 3 nitrogen and oxygen atoms in total. The summed E-state index contributed by atoms with van der Waals surface area (Å²) in [6.45, 7) is 3.05. The van der Waals surface area contributed by atoms with E-state index in [-0.39, 0.29) is 5.15 Å². The van der Waals surface area contributed by atoms with Crippen LogP contribution < -0.4 is 10.2 Å². The van der Waals surface area contributed by atoms with Crippen molar-refractivity contribution in [3.63, 3.8) is 0 Å². The van der Waals surface area contributed by atoms with Gasteiger partial charge in [0, 0.05) is 25.2 Å². The fourth-order valence-electron chi connectivity index (χ4n) is 2.87. The number of halogens is 2. The first kappa shape index (κ1) is 11.2. The minimum atomic E-state index is -0.434. The molecule has 0 spiro atoms. The van der Waals surface area contributed by atoms with Crippen molar-refractivity contribution in [1.29, 1.82) is 0 Å². The van der Waals surface area contributed by atoms with Gasteiger partial charge in [0.25, 0.3) is 0 Å². The number of hydrogen-bond acceptors (Lipinski definition) is 3. The monoisotopic (exact) mass is 255 g/mol. The molecule has 2 atom stereocenters. The molecule has 0 aromatic carbocycles. The molecule has 0 saturated carbocycles. The summed E-state index contributed by atoms with van der Waals surface area (Å²) in [4.78, 5) is 6.08. The average Bonchev–Trinajstić information content (AvgIpc) is 2.79. The Morgan fingerprint density at radius 3 is 3.18 bits per heavy atom. The summed E-state index contributed by atoms with van der Waals surface area (Å²) < 4.78 is 13.4. The minimum Gasteiger partial charge on any atom is -0.370 e. The lowest BCUT2D eigenvalue weighted by atomic mass is 9.93. The zero-order chi connectivity index (χ0) is 11.8. The first-order valence-corrected chi connectivity index (χ1v) is 6.41. The van der Waals surface area contributed by atoms with E-state index in [0.717, 1.165) is 31.7 Å². The fraction of sp³-hybridized carbons (Fsp3) is 0.583. The van der Waals surface area contributed by atoms with E-state index < -0.39 is 5.82 Å². The number of aromatic nitrogens is 1. The molecule has 2 aliphatic heterocycles. The number of fused-ring (bicyclic) bond motifs is 1. The quantitative estimate of drug-likeness (QED) is 0.779. The first-order valence-electron chi connectivity index (χ1n) is 6.03. The van der Waals surface area contributed by atoms with Crippen molar-refractivity contribution < 1.29 is 4.39 Å². The number of hydrogen-bond donors (Lipinski definition) is 1. The average molecular weight is 256 g/mol. The highest BCUT2D eigenvalue weighted by Crippen LogP contribution is 2.28. The van der Waals surface area contributed by atoms with E-state index in [9.17, 15) is 4.39 Å². The molecule has 2 saturated heterocycles. The molecular formula is C12H15ClFN3. The van der Waals surface area contributed by atoms with E-state index in [4.69, 9.17) is 11.6 Å². The molecular weight excluding hydrogens is 241 g/mol. The first-order chi connectivity index (χ1) is 8.24. The van der Waals surface area contributed by atoms with Crippen molar-refractivity contribution in [3.05, 3.63) is 23.2 Å². The van der Waals surface area contributed by atoms with Crippen LogP contribution in [-0.2, 0) is 0 Å². The predicted octanol–water partition coefficient (Wildman–Crippen LogP) is 2.06. The lowest BCUT2D eigenvalue weighted by Crippen LogP contribution is -2.44. The van der Waals surface area contributed by atoms with Gasteiger partial charge in [0.2, 0.25) is 0 Å². The van der Waals surface area contributed by atoms with Crippen LogP contribution in [0.4, 0.5) is 10.1 Å². The summed E-state index contributed by atoms with van der Waals surface area (Å²) >= 11 is 5.59. The van der Waals surface area contributed by atoms with Crippen molar-refractivity contribution in [1.82, 2.24) is 10.3 Å². The standard InChI is InChI=1S/C12H15ClFN3/c13-12-10(14)5-9(6-16-12)17-4-2-11-8(7-17)1-3-15-11/h5-6,8,11,15H,1-4,7H2/t8-,11+/m1/s1. The highest BCUT2D eigenvalue weighted by molar-refractivity contribution is 6.29. The molecule has 17 heavy (non-hydrogen) atoms. The van der Waals surface area contributed by atoms with E-state index in [1.54, 1.807) is 6.20 Å². The summed E-state index contributed by atoms with van der Waals surface area (Å²) in [6.07, 6.45) is 3.99. The topological polar surface area (TPSA) is 28.2 Å². The Kier molecular flexibility index (Phi) is 2.92. The van der Waals surface area contributed by atoms with Crippen molar-refractivity contribution in [3.8, 4) is 0 Å². The molecule has 5 heteroatoms. The van der Waals surface area contributed by atoms with Crippen molar-refractivity contribution in [2.45, 2.75) is 18.9 Å². The second kappa shape index (κ2) is 4.42. The summed E-state index contributed by atoms with van der Waals surface area (Å²) in [5, 5.41) is 3.46. The van der Waals surface area contributed by atoms with E-state index in [0.29, 0.717) is 12.0 Å². The molecule has 0 aliphatic carbocycles. The number of nitrogens with one attached hydrogen (secondary N) is 1. The van der Waals surface area contributed by atoms with Gasteiger partial charge < -0.3 is 10.2 Å². The van der Waals surface area contributed by atoms with Gasteiger partial charge in [-0.25, -0.2) is 9.37 Å². The Hall–Kier alpha value is -0.870. The molecule has 1 aromatic rings. The minimum absolute atomic E-state index is 0.0498. The van der Waals surface area contributed by atoms with Crippen molar-refractivity contribution in [2.75, 3.05) is 24.5 Å². The summed E-state index contributed by atoms with van der Waals surface area (Å²) in [7, 11) is 0. The fourth-order valence-corrected chi connectivity index (χ4v) is 2.97. The molecule has 92 valence electrons. The lowest BCUT2D eigenvalue weighted by Gasteiger charge is -2.36. The second-order valence-electron chi connectivity index (χ2n) is 4.81. The van der Waals surface area contributed by atoms with E-state index in [1.165, 1.54) is 12.5 Å². The van der Waals surface area contributed by atoms with Gasteiger partial charge in [-0.2, -0.15) is 0 Å². The van der Waals surface area contributed by atoms with Gasteiger partial charge in [0.05, 0.1) is 11.9 Å². The number of nitrogens with zero attached hydrogens (tertiary/aromatic N) is 2. The van der Waals surface area contributed by atoms with Gasteiger partial charge in [-0.1, -0.05) is 11.6 Å². The normalized spacial score (nSPS) is 28.2. The molecule has 2 aliphatic rings. The van der Waals surface area contributed by atoms with Crippen LogP contribution in [0.25, 0.3) is 0 Å². The Morgan fingerprint density at radius 2 is 2.35 bits per heavy atom. The smallest absolute Gasteiger partial charge is 0.164 e. The zero-order valence-electron chi connectivity index (χ0n) is 9.50. The summed E-state index contributed by atoms with van der Waals surface area (Å²) in [5.41, 5.74) is 0.845. The Morgan fingerprint density at radius 1 is 1.47 bits per heavy atom. The van der Waals surface area contributed by atoms with E-state index >= 15 is 0 Å². The molecule has 0 unspecified atom stereocenters. The van der Waals surface area contributed by atoms with Gasteiger partial charge in [0.15, 0.2) is 11.0 Å². The van der Waals surface area contributed by atoms with Crippen LogP contribution in [0.1, 0.15) is 12.8 Å². The maximum atomic E-state index is 13.4. The largest absolute Gasteiger partial charge is 0.370 e. The number of anilines is 1. The number of pyridine rings is 1. The molecule has 3 heterocycles. The van der Waals surface area contributed by atoms with Crippen LogP contribution in [0.2, 0.25) is 5.15 Å². The number of rotatable bonds is 1. The van der Waals surface area contributed by atoms with Gasteiger partial charge in [-0.3, -0.25) is 0 Å². The summed E-state index contributed by atoms with van der Waals surface area (Å²) in [6, 6.07) is 2.13. The van der Waals surface area contributed by atoms with Crippen LogP contribution >= 0.6 is 11.6 Å². The maximum absolute atomic E-state index is 13.4. The Labute approximate surface area is 105 Å². The molecule has 2 fully saturated rings. The van der Waals surface area contributed by atoms with E-state index in [2.05, 4.69) is 15.2 Å². The van der Waals surface area contributed by atoms with Gasteiger partial charge in [0.1, 0.15) is 0 Å². The van der Waals surface area contributed by atoms with Crippen molar-refractivity contribution in [2.24, 2.45) is 5.92 Å². The SMILES string of the molecule is Fc1cc(N2CC[C@@H]3NCC[C@@H]3C2)cnc1Cl. The molecule has 0 amide bonds. The van der Waals surface area contributed by atoms with Crippen molar-refractivity contribution >= 4 is 17.3 Å². The van der Waals surface area contributed by atoms with Crippen LogP contribution in [0.5, 0.6) is 0 Å². The zero-order valence-corrected chi connectivity index (χ0v) is 10.3. The van der Waals surface area contributed by atoms with E-state index in [1.807, 2.05) is 0 Å². The predicted molar refractivity (Wildman–Crippen MR) is 65.9 cm³/mol. The van der Waals surface area contributed by atoms with Crippen LogP contribution in [-0.4, -0.2) is 30.7 Å². The Bertz CT molecular complexity index is 426. The van der Waals surface area contributed by atoms with Gasteiger partial charge >= 0.3 is 0 Å². The van der Waals surface area contributed by atoms with Gasteiger partial charge in [-0.05, 0) is 25.3 Å². The lowest BCUT2D eigenvalue weighted by molar-refractivity contribution is 0.376. The summed E-state index contributed by atoms with van der Waals surface area (Å²) in [5.74, 6) is 0.248. The third-order valence-electron chi connectivity index (χ3n) is 3.80. The highest BCUT2D eigenvalue weighted by atomic mass is 35.5. The number of piperidine rings is 1. The third-order valence-corrected chi connectivity index (χ3v) is 4.08. The molecule has 3 rings (SSSR count). The van der Waals surface area contributed by atoms with Crippen LogP contribution in [0.3, 0.4) is 0 Å².